The molecule has 0 radical (unpaired) electrons. The van der Waals surface area contributed by atoms with E-state index in [0.29, 0.717) is 41.0 Å². The van der Waals surface area contributed by atoms with E-state index in [9.17, 15) is 4.79 Å². The van der Waals surface area contributed by atoms with Crippen molar-refractivity contribution in [2.75, 3.05) is 40.4 Å². The van der Waals surface area contributed by atoms with E-state index >= 15 is 0 Å². The van der Waals surface area contributed by atoms with Gasteiger partial charge in [-0.1, -0.05) is 18.7 Å². The number of ether oxygens (including phenoxy) is 5. The number of nitrogens with one attached hydrogen (secondary N) is 1. The molecule has 0 saturated heterocycles. The van der Waals surface area contributed by atoms with Crippen LogP contribution in [0, 0.1) is 0 Å². The van der Waals surface area contributed by atoms with Crippen LogP contribution in [-0.4, -0.2) is 41.0 Å². The Bertz CT molecular complexity index is 866. The van der Waals surface area contributed by atoms with Crippen LogP contribution in [0.25, 0.3) is 6.08 Å². The van der Waals surface area contributed by atoms with Gasteiger partial charge in [-0.15, -0.1) is 0 Å². The van der Waals surface area contributed by atoms with Crippen LogP contribution >= 0.6 is 0 Å². The van der Waals surface area contributed by atoms with Gasteiger partial charge >= 0.3 is 0 Å². The van der Waals surface area contributed by atoms with Gasteiger partial charge in [0.1, 0.15) is 6.61 Å². The molecule has 0 atom stereocenters. The molecular weight excluding hydrogens is 374 g/mol. The van der Waals surface area contributed by atoms with E-state index < -0.39 is 0 Å². The number of benzene rings is 2. The Kier molecular flexibility index (Phi) is 7.97. The highest BCUT2D eigenvalue weighted by molar-refractivity contribution is 6.02. The van der Waals surface area contributed by atoms with Crippen LogP contribution in [-0.2, 0) is 4.79 Å². The molecule has 0 aromatic heterocycles. The van der Waals surface area contributed by atoms with Gasteiger partial charge in [-0.25, -0.2) is 0 Å². The highest BCUT2D eigenvalue weighted by Crippen LogP contribution is 2.39. The fourth-order valence-corrected chi connectivity index (χ4v) is 2.56. The number of methoxy groups -OCH3 is 4. The molecule has 0 unspecified atom stereocenters. The summed E-state index contributed by atoms with van der Waals surface area (Å²) in [6.07, 6.45) is 4.75. The highest BCUT2D eigenvalue weighted by Gasteiger charge is 2.14. The molecule has 0 saturated carbocycles. The number of rotatable bonds is 10. The van der Waals surface area contributed by atoms with E-state index in [-0.39, 0.29) is 5.91 Å². The van der Waals surface area contributed by atoms with E-state index in [1.165, 1.54) is 27.4 Å². The Balaban J connectivity index is 2.14. The minimum absolute atomic E-state index is 0.315. The molecule has 29 heavy (non-hydrogen) atoms. The fourth-order valence-electron chi connectivity index (χ4n) is 2.56. The summed E-state index contributed by atoms with van der Waals surface area (Å²) in [6.45, 7) is 4.00. The SMILES string of the molecule is C=CCOc1ccc(/C=C/C(=O)Nc2cc(OC)c(OC)c(OC)c2)cc1OC. The van der Waals surface area contributed by atoms with E-state index in [1.54, 1.807) is 43.5 Å². The summed E-state index contributed by atoms with van der Waals surface area (Å²) in [4.78, 5) is 12.3. The van der Waals surface area contributed by atoms with Crippen molar-refractivity contribution in [3.8, 4) is 28.7 Å². The van der Waals surface area contributed by atoms with E-state index in [0.717, 1.165) is 5.56 Å². The molecule has 0 fully saturated rings. The topological polar surface area (TPSA) is 75.3 Å². The van der Waals surface area contributed by atoms with E-state index in [4.69, 9.17) is 23.7 Å². The summed E-state index contributed by atoms with van der Waals surface area (Å²) in [5.41, 5.74) is 1.30. The van der Waals surface area contributed by atoms with Crippen LogP contribution in [0.5, 0.6) is 28.7 Å². The summed E-state index contributed by atoms with van der Waals surface area (Å²) in [5.74, 6) is 2.21. The Morgan fingerprint density at radius 2 is 1.59 bits per heavy atom. The van der Waals surface area contributed by atoms with Gasteiger partial charge in [0, 0.05) is 23.9 Å². The first kappa shape index (κ1) is 21.7. The standard InChI is InChI=1S/C22H25NO6/c1-6-11-29-17-9-7-15(12-18(17)25-2)8-10-21(24)23-16-13-19(26-3)22(28-5)20(14-16)27-4/h6-10,12-14H,1,11H2,2-5H3,(H,23,24)/b10-8+. The molecule has 0 aliphatic rings. The first-order chi connectivity index (χ1) is 14.1. The van der Waals surface area contributed by atoms with Gasteiger partial charge in [-0.2, -0.15) is 0 Å². The first-order valence-corrected chi connectivity index (χ1v) is 8.77. The van der Waals surface area contributed by atoms with Crippen molar-refractivity contribution < 1.29 is 28.5 Å². The Hall–Kier alpha value is -3.61. The number of amides is 1. The number of carbonyl (C=O) groups is 1. The van der Waals surface area contributed by atoms with Gasteiger partial charge in [0.2, 0.25) is 11.7 Å². The van der Waals surface area contributed by atoms with Gasteiger partial charge in [-0.05, 0) is 23.8 Å². The first-order valence-electron chi connectivity index (χ1n) is 8.77. The highest BCUT2D eigenvalue weighted by atomic mass is 16.5. The molecule has 2 aromatic rings. The number of carbonyl (C=O) groups excluding carboxylic acids is 1. The van der Waals surface area contributed by atoms with Gasteiger partial charge in [0.05, 0.1) is 28.4 Å². The summed E-state index contributed by atoms with van der Waals surface area (Å²) >= 11 is 0. The Labute approximate surface area is 170 Å². The predicted molar refractivity (Wildman–Crippen MR) is 112 cm³/mol. The van der Waals surface area contributed by atoms with Crippen molar-refractivity contribution in [1.29, 1.82) is 0 Å². The smallest absolute Gasteiger partial charge is 0.248 e. The third kappa shape index (κ3) is 5.68. The van der Waals surface area contributed by atoms with Crippen LogP contribution in [0.3, 0.4) is 0 Å². The van der Waals surface area contributed by atoms with Crippen molar-refractivity contribution in [2.45, 2.75) is 0 Å². The summed E-state index contributed by atoms with van der Waals surface area (Å²) in [7, 11) is 6.10. The van der Waals surface area contributed by atoms with Gasteiger partial charge in [0.25, 0.3) is 0 Å². The van der Waals surface area contributed by atoms with Crippen molar-refractivity contribution in [3.63, 3.8) is 0 Å². The average Bonchev–Trinajstić information content (AvgIpc) is 2.75. The second-order valence-electron chi connectivity index (χ2n) is 5.75. The van der Waals surface area contributed by atoms with Crippen LogP contribution in [0.4, 0.5) is 5.69 Å². The lowest BCUT2D eigenvalue weighted by atomic mass is 10.2. The maximum atomic E-state index is 12.3. The van der Waals surface area contributed by atoms with Crippen molar-refractivity contribution in [3.05, 3.63) is 54.6 Å². The Morgan fingerprint density at radius 3 is 2.14 bits per heavy atom. The molecule has 7 heteroatoms. The molecule has 0 heterocycles. The third-order valence-corrected chi connectivity index (χ3v) is 3.90. The zero-order valence-corrected chi connectivity index (χ0v) is 17.0. The quantitative estimate of drug-likeness (QED) is 0.482. The molecular formula is C22H25NO6. The Morgan fingerprint density at radius 1 is 0.931 bits per heavy atom. The largest absolute Gasteiger partial charge is 0.493 e. The van der Waals surface area contributed by atoms with Crippen LogP contribution < -0.4 is 29.0 Å². The van der Waals surface area contributed by atoms with Crippen molar-refractivity contribution in [1.82, 2.24) is 0 Å². The maximum Gasteiger partial charge on any atom is 0.248 e. The van der Waals surface area contributed by atoms with Crippen LogP contribution in [0.15, 0.2) is 49.1 Å². The van der Waals surface area contributed by atoms with Gasteiger partial charge < -0.3 is 29.0 Å². The zero-order chi connectivity index (χ0) is 21.2. The third-order valence-electron chi connectivity index (χ3n) is 3.90. The normalized spacial score (nSPS) is 10.3. The molecule has 1 amide bonds. The fraction of sp³-hybridized carbons (Fsp3) is 0.227. The molecule has 1 N–H and O–H groups in total. The molecule has 0 aliphatic carbocycles. The lowest BCUT2D eigenvalue weighted by molar-refractivity contribution is -0.111. The molecule has 0 aliphatic heterocycles. The minimum Gasteiger partial charge on any atom is -0.493 e. The van der Waals surface area contributed by atoms with E-state index in [1.807, 2.05) is 6.07 Å². The summed E-state index contributed by atoms with van der Waals surface area (Å²) in [6, 6.07) is 8.69. The second kappa shape index (κ2) is 10.7. The van der Waals surface area contributed by atoms with Crippen LogP contribution in [0.2, 0.25) is 0 Å². The van der Waals surface area contributed by atoms with Crippen molar-refractivity contribution >= 4 is 17.7 Å². The molecule has 2 rings (SSSR count). The summed E-state index contributed by atoms with van der Waals surface area (Å²) in [5, 5.41) is 2.77. The van der Waals surface area contributed by atoms with Crippen LogP contribution in [0.1, 0.15) is 5.56 Å². The van der Waals surface area contributed by atoms with Gasteiger partial charge in [0.15, 0.2) is 23.0 Å². The monoisotopic (exact) mass is 399 g/mol. The predicted octanol–water partition coefficient (Wildman–Crippen LogP) is 3.94. The maximum absolute atomic E-state index is 12.3. The molecule has 0 bridgehead atoms. The zero-order valence-electron chi connectivity index (χ0n) is 17.0. The average molecular weight is 399 g/mol. The second-order valence-corrected chi connectivity index (χ2v) is 5.75. The van der Waals surface area contributed by atoms with Crippen molar-refractivity contribution in [2.24, 2.45) is 0 Å². The number of hydrogen-bond donors (Lipinski definition) is 1. The number of anilines is 1. The molecule has 7 nitrogen and oxygen atoms in total. The number of hydrogen-bond acceptors (Lipinski definition) is 6. The molecule has 154 valence electrons. The van der Waals surface area contributed by atoms with Gasteiger partial charge in [-0.3, -0.25) is 4.79 Å². The molecule has 2 aromatic carbocycles. The summed E-state index contributed by atoms with van der Waals surface area (Å²) < 4.78 is 26.7. The van der Waals surface area contributed by atoms with E-state index in [2.05, 4.69) is 11.9 Å². The lowest BCUT2D eigenvalue weighted by Gasteiger charge is -2.14. The molecule has 0 spiro atoms. The minimum atomic E-state index is -0.315. The lowest BCUT2D eigenvalue weighted by Crippen LogP contribution is -2.08.